The van der Waals surface area contributed by atoms with Crippen molar-refractivity contribution in [3.05, 3.63) is 34.6 Å². The number of hydrogen-bond acceptors (Lipinski definition) is 5. The number of alkyl halides is 1. The third kappa shape index (κ3) is 3.09. The molecule has 0 aromatic heterocycles. The minimum Gasteiger partial charge on any atom is -0.511 e. The van der Waals surface area contributed by atoms with Gasteiger partial charge in [0, 0.05) is 19.3 Å². The predicted octanol–water partition coefficient (Wildman–Crippen LogP) is 2.39. The summed E-state index contributed by atoms with van der Waals surface area (Å²) in [6.07, 6.45) is 1.94. The van der Waals surface area contributed by atoms with Crippen LogP contribution in [0.25, 0.3) is 0 Å². The summed E-state index contributed by atoms with van der Waals surface area (Å²) < 4.78 is 12.2. The Labute approximate surface area is 156 Å². The standard InChI is InChI=1S/C19H20ClNO5/c1-25-15-8-11-6-7-21(17(24)10-20)19(12(11)9-16(15)26-2)18-13(22)4-3-5-14(18)23/h8-9H,3-7,10H2,1-2H3/p+1. The fourth-order valence-electron chi connectivity index (χ4n) is 3.53. The number of allylic oxidation sites excluding steroid dienone is 2. The molecule has 1 N–H and O–H groups in total. The fraction of sp³-hybridized carbons (Fsp3) is 0.421. The number of aliphatic hydroxyl groups excluding tert-OH is 1. The van der Waals surface area contributed by atoms with Crippen LogP contribution in [0.2, 0.25) is 0 Å². The monoisotopic (exact) mass is 378 g/mol. The molecule has 0 atom stereocenters. The lowest BCUT2D eigenvalue weighted by molar-refractivity contribution is -0.447. The Hall–Kier alpha value is -2.34. The van der Waals surface area contributed by atoms with E-state index in [1.165, 1.54) is 11.7 Å². The van der Waals surface area contributed by atoms with Crippen LogP contribution in [0.4, 0.5) is 0 Å². The molecule has 1 aromatic rings. The molecule has 7 heteroatoms. The number of fused-ring (bicyclic) bond motifs is 1. The Morgan fingerprint density at radius 3 is 2.50 bits per heavy atom. The second-order valence-electron chi connectivity index (χ2n) is 6.24. The van der Waals surface area contributed by atoms with Crippen LogP contribution in [0.3, 0.4) is 0 Å². The second-order valence-corrected chi connectivity index (χ2v) is 6.51. The first-order chi connectivity index (χ1) is 12.5. The van der Waals surface area contributed by atoms with Crippen LogP contribution >= 0.6 is 11.6 Å². The van der Waals surface area contributed by atoms with Gasteiger partial charge in [-0.15, -0.1) is 11.6 Å². The predicted molar refractivity (Wildman–Crippen MR) is 96.7 cm³/mol. The van der Waals surface area contributed by atoms with Crippen LogP contribution in [0.15, 0.2) is 23.5 Å². The summed E-state index contributed by atoms with van der Waals surface area (Å²) in [6.45, 7) is 0.382. The minimum absolute atomic E-state index is 0.0197. The highest BCUT2D eigenvalue weighted by molar-refractivity contribution is 6.30. The first-order valence-corrected chi connectivity index (χ1v) is 8.99. The lowest BCUT2D eigenvalue weighted by atomic mass is 9.85. The van der Waals surface area contributed by atoms with Crippen molar-refractivity contribution in [1.82, 2.24) is 0 Å². The van der Waals surface area contributed by atoms with E-state index in [1.807, 2.05) is 6.07 Å². The molecule has 1 aliphatic heterocycles. The van der Waals surface area contributed by atoms with E-state index in [0.717, 1.165) is 5.56 Å². The molecule has 0 saturated carbocycles. The quantitative estimate of drug-likeness (QED) is 0.643. The molecule has 0 unspecified atom stereocenters. The number of carbonyl (C=O) groups is 2. The smallest absolute Gasteiger partial charge is 0.402 e. The average Bonchev–Trinajstić information content (AvgIpc) is 2.66. The van der Waals surface area contributed by atoms with Gasteiger partial charge in [0.25, 0.3) is 0 Å². The van der Waals surface area contributed by atoms with Gasteiger partial charge in [-0.3, -0.25) is 4.79 Å². The number of methoxy groups -OCH3 is 2. The number of halogens is 1. The van der Waals surface area contributed by atoms with Crippen molar-refractivity contribution in [1.29, 1.82) is 0 Å². The number of rotatable bonds is 4. The van der Waals surface area contributed by atoms with Crippen molar-refractivity contribution in [3.8, 4) is 11.5 Å². The van der Waals surface area contributed by atoms with E-state index in [9.17, 15) is 14.7 Å². The van der Waals surface area contributed by atoms with Gasteiger partial charge >= 0.3 is 5.91 Å². The molecule has 1 aliphatic carbocycles. The number of hydrogen-bond donors (Lipinski definition) is 1. The van der Waals surface area contributed by atoms with Crippen molar-refractivity contribution >= 4 is 29.0 Å². The SMILES string of the molecule is COc1cc2c(cc1OC)C(C1=C(O)CCCC1=O)=[N+](C(=O)CCl)CC2. The third-order valence-electron chi connectivity index (χ3n) is 4.78. The van der Waals surface area contributed by atoms with E-state index in [0.29, 0.717) is 55.0 Å². The van der Waals surface area contributed by atoms with Crippen molar-refractivity contribution < 1.29 is 28.7 Å². The van der Waals surface area contributed by atoms with Crippen molar-refractivity contribution in [2.24, 2.45) is 0 Å². The summed E-state index contributed by atoms with van der Waals surface area (Å²) >= 11 is 5.78. The highest BCUT2D eigenvalue weighted by Gasteiger charge is 2.39. The van der Waals surface area contributed by atoms with Gasteiger partial charge in [0.05, 0.1) is 19.8 Å². The molecule has 0 fully saturated rings. The molecule has 2 aliphatic rings. The number of benzene rings is 1. The Kier molecular flexibility index (Phi) is 5.32. The summed E-state index contributed by atoms with van der Waals surface area (Å²) in [6, 6.07) is 3.60. The van der Waals surface area contributed by atoms with Crippen LogP contribution in [0.5, 0.6) is 11.5 Å². The molecular formula is C19H21ClNO5+. The molecule has 0 spiro atoms. The van der Waals surface area contributed by atoms with E-state index in [2.05, 4.69) is 0 Å². The van der Waals surface area contributed by atoms with Crippen molar-refractivity contribution in [3.63, 3.8) is 0 Å². The van der Waals surface area contributed by atoms with Crippen LogP contribution in [0.1, 0.15) is 30.4 Å². The van der Waals surface area contributed by atoms with Gasteiger partial charge in [0.1, 0.15) is 17.2 Å². The maximum atomic E-state index is 12.6. The summed E-state index contributed by atoms with van der Waals surface area (Å²) in [5, 5.41) is 10.4. The van der Waals surface area contributed by atoms with Gasteiger partial charge in [-0.25, -0.2) is 4.79 Å². The number of Topliss-reactive ketones (excluding diaryl/α,β-unsaturated/α-hetero) is 1. The zero-order valence-corrected chi connectivity index (χ0v) is 15.6. The largest absolute Gasteiger partial charge is 0.511 e. The summed E-state index contributed by atoms with van der Waals surface area (Å²) in [4.78, 5) is 25.0. The molecule has 1 amide bonds. The van der Waals surface area contributed by atoms with Gasteiger partial charge in [-0.2, -0.15) is 4.58 Å². The fourth-order valence-corrected chi connectivity index (χ4v) is 3.67. The number of aliphatic hydroxyl groups is 1. The molecule has 0 saturated heterocycles. The molecule has 1 aromatic carbocycles. The second kappa shape index (κ2) is 7.50. The molecule has 0 bridgehead atoms. The summed E-state index contributed by atoms with van der Waals surface area (Å²) in [5.74, 6) is 0.419. The minimum atomic E-state index is -0.305. The zero-order chi connectivity index (χ0) is 18.8. The Morgan fingerprint density at radius 1 is 1.19 bits per heavy atom. The normalized spacial score (nSPS) is 17.3. The van der Waals surface area contributed by atoms with Crippen LogP contribution < -0.4 is 9.47 Å². The first-order valence-electron chi connectivity index (χ1n) is 8.46. The average molecular weight is 379 g/mol. The first kappa shape index (κ1) is 18.5. The van der Waals surface area contributed by atoms with Crippen LogP contribution in [-0.2, 0) is 16.0 Å². The number of ketones is 1. The van der Waals surface area contributed by atoms with Gasteiger partial charge in [-0.1, -0.05) is 0 Å². The van der Waals surface area contributed by atoms with E-state index >= 15 is 0 Å². The lowest BCUT2D eigenvalue weighted by Crippen LogP contribution is -2.39. The summed E-state index contributed by atoms with van der Waals surface area (Å²) in [7, 11) is 3.08. The molecule has 26 heavy (non-hydrogen) atoms. The Balaban J connectivity index is 2.30. The topological polar surface area (TPSA) is 75.8 Å². The van der Waals surface area contributed by atoms with Crippen LogP contribution in [0, 0.1) is 0 Å². The molecule has 0 radical (unpaired) electrons. The highest BCUT2D eigenvalue weighted by Crippen LogP contribution is 2.35. The lowest BCUT2D eigenvalue weighted by Gasteiger charge is -2.22. The molecule has 1 heterocycles. The Morgan fingerprint density at radius 2 is 1.88 bits per heavy atom. The van der Waals surface area contributed by atoms with E-state index in [-0.39, 0.29) is 28.9 Å². The zero-order valence-electron chi connectivity index (χ0n) is 14.8. The maximum Gasteiger partial charge on any atom is 0.402 e. The highest BCUT2D eigenvalue weighted by atomic mass is 35.5. The van der Waals surface area contributed by atoms with Gasteiger partial charge in [0.15, 0.2) is 23.8 Å². The molecule has 6 nitrogen and oxygen atoms in total. The number of nitrogens with zero attached hydrogens (tertiary/aromatic N) is 1. The molecule has 138 valence electrons. The number of amides is 1. The van der Waals surface area contributed by atoms with Crippen LogP contribution in [-0.4, -0.2) is 53.7 Å². The van der Waals surface area contributed by atoms with Gasteiger partial charge in [0.2, 0.25) is 5.71 Å². The summed E-state index contributed by atoms with van der Waals surface area (Å²) in [5.41, 5.74) is 2.24. The molecular weight excluding hydrogens is 358 g/mol. The maximum absolute atomic E-state index is 12.6. The van der Waals surface area contributed by atoms with Gasteiger partial charge < -0.3 is 14.6 Å². The van der Waals surface area contributed by atoms with E-state index < -0.39 is 0 Å². The third-order valence-corrected chi connectivity index (χ3v) is 5.00. The number of carbonyl (C=O) groups excluding carboxylic acids is 2. The van der Waals surface area contributed by atoms with E-state index in [4.69, 9.17) is 21.1 Å². The van der Waals surface area contributed by atoms with Gasteiger partial charge in [-0.05, 0) is 24.1 Å². The van der Waals surface area contributed by atoms with E-state index in [1.54, 1.807) is 13.2 Å². The van der Waals surface area contributed by atoms with Crippen molar-refractivity contribution in [2.45, 2.75) is 25.7 Å². The van der Waals surface area contributed by atoms with Crippen molar-refractivity contribution in [2.75, 3.05) is 26.6 Å². The molecule has 3 rings (SSSR count). The number of ether oxygens (including phenoxy) is 2. The Bertz CT molecular complexity index is 841.